The van der Waals surface area contributed by atoms with Gasteiger partial charge >= 0.3 is 0 Å². The fourth-order valence-corrected chi connectivity index (χ4v) is 2.36. The SMILES string of the molecule is CCC(C(=O)N1CC(CN)C1)c1ccccc1. The Hall–Kier alpha value is -1.35. The average Bonchev–Trinajstić information content (AvgIpc) is 2.30. The summed E-state index contributed by atoms with van der Waals surface area (Å²) in [5, 5.41) is 0. The highest BCUT2D eigenvalue weighted by Crippen LogP contribution is 2.25. The summed E-state index contributed by atoms with van der Waals surface area (Å²) in [6.45, 7) is 4.42. The molecule has 0 aromatic heterocycles. The van der Waals surface area contributed by atoms with Crippen molar-refractivity contribution >= 4 is 5.91 Å². The highest BCUT2D eigenvalue weighted by atomic mass is 16.2. The van der Waals surface area contributed by atoms with Crippen LogP contribution in [0.1, 0.15) is 24.8 Å². The zero-order valence-corrected chi connectivity index (χ0v) is 10.3. The monoisotopic (exact) mass is 232 g/mol. The number of rotatable bonds is 4. The van der Waals surface area contributed by atoms with Crippen LogP contribution in [0.4, 0.5) is 0 Å². The molecule has 1 aromatic rings. The molecule has 0 bridgehead atoms. The quantitative estimate of drug-likeness (QED) is 0.857. The summed E-state index contributed by atoms with van der Waals surface area (Å²) in [5.74, 6) is 0.769. The third-order valence-corrected chi connectivity index (χ3v) is 3.51. The number of hydrogen-bond acceptors (Lipinski definition) is 2. The molecule has 1 heterocycles. The van der Waals surface area contributed by atoms with Crippen LogP contribution < -0.4 is 5.73 Å². The molecule has 17 heavy (non-hydrogen) atoms. The highest BCUT2D eigenvalue weighted by Gasteiger charge is 2.33. The molecule has 1 aliphatic rings. The first kappa shape index (κ1) is 12.1. The number of likely N-dealkylation sites (tertiary alicyclic amines) is 1. The van der Waals surface area contributed by atoms with Crippen molar-refractivity contribution in [2.24, 2.45) is 11.7 Å². The summed E-state index contributed by atoms with van der Waals surface area (Å²) >= 11 is 0. The molecule has 1 amide bonds. The van der Waals surface area contributed by atoms with E-state index in [2.05, 4.69) is 6.92 Å². The standard InChI is InChI=1S/C14H20N2O/c1-2-13(12-6-4-3-5-7-12)14(17)16-9-11(8-15)10-16/h3-7,11,13H,2,8-10,15H2,1H3. The van der Waals surface area contributed by atoms with Crippen molar-refractivity contribution in [3.05, 3.63) is 35.9 Å². The van der Waals surface area contributed by atoms with E-state index in [-0.39, 0.29) is 11.8 Å². The summed E-state index contributed by atoms with van der Waals surface area (Å²) < 4.78 is 0. The minimum Gasteiger partial charge on any atom is -0.341 e. The Morgan fingerprint density at radius 1 is 1.41 bits per heavy atom. The Morgan fingerprint density at radius 3 is 2.59 bits per heavy atom. The smallest absolute Gasteiger partial charge is 0.230 e. The van der Waals surface area contributed by atoms with Gasteiger partial charge in [-0.05, 0) is 18.5 Å². The maximum Gasteiger partial charge on any atom is 0.230 e. The van der Waals surface area contributed by atoms with Crippen LogP contribution in [0, 0.1) is 5.92 Å². The molecule has 1 aromatic carbocycles. The van der Waals surface area contributed by atoms with Crippen LogP contribution in [0.3, 0.4) is 0 Å². The van der Waals surface area contributed by atoms with Crippen molar-refractivity contribution in [3.8, 4) is 0 Å². The fraction of sp³-hybridized carbons (Fsp3) is 0.500. The Labute approximate surface area is 103 Å². The van der Waals surface area contributed by atoms with Crippen molar-refractivity contribution in [2.75, 3.05) is 19.6 Å². The first-order valence-electron chi connectivity index (χ1n) is 6.30. The molecule has 0 radical (unpaired) electrons. The molecular weight excluding hydrogens is 212 g/mol. The molecule has 1 atom stereocenters. The van der Waals surface area contributed by atoms with Crippen molar-refractivity contribution < 1.29 is 4.79 Å². The molecular formula is C14H20N2O. The second kappa shape index (κ2) is 5.32. The van der Waals surface area contributed by atoms with E-state index < -0.39 is 0 Å². The third-order valence-electron chi connectivity index (χ3n) is 3.51. The van der Waals surface area contributed by atoms with Crippen LogP contribution in [0.2, 0.25) is 0 Å². The Bertz CT molecular complexity index is 371. The van der Waals surface area contributed by atoms with Gasteiger partial charge in [0.1, 0.15) is 0 Å². The Kier molecular flexibility index (Phi) is 3.79. The molecule has 1 unspecified atom stereocenters. The van der Waals surface area contributed by atoms with Gasteiger partial charge in [-0.2, -0.15) is 0 Å². The van der Waals surface area contributed by atoms with Gasteiger partial charge in [-0.25, -0.2) is 0 Å². The van der Waals surface area contributed by atoms with Gasteiger partial charge in [0.15, 0.2) is 0 Å². The van der Waals surface area contributed by atoms with Crippen molar-refractivity contribution in [1.29, 1.82) is 0 Å². The van der Waals surface area contributed by atoms with E-state index in [1.165, 1.54) is 0 Å². The van der Waals surface area contributed by atoms with E-state index in [9.17, 15) is 4.79 Å². The largest absolute Gasteiger partial charge is 0.341 e. The minimum absolute atomic E-state index is 0.00919. The van der Waals surface area contributed by atoms with E-state index in [0.29, 0.717) is 12.5 Å². The number of nitrogens with zero attached hydrogens (tertiary/aromatic N) is 1. The van der Waals surface area contributed by atoms with Gasteiger partial charge in [-0.1, -0.05) is 37.3 Å². The molecule has 1 aliphatic heterocycles. The maximum atomic E-state index is 12.3. The van der Waals surface area contributed by atoms with Gasteiger partial charge in [0.2, 0.25) is 5.91 Å². The van der Waals surface area contributed by atoms with E-state index in [1.807, 2.05) is 35.2 Å². The van der Waals surface area contributed by atoms with Crippen LogP contribution in [-0.2, 0) is 4.79 Å². The topological polar surface area (TPSA) is 46.3 Å². The number of hydrogen-bond donors (Lipinski definition) is 1. The predicted molar refractivity (Wildman–Crippen MR) is 68.6 cm³/mol. The lowest BCUT2D eigenvalue weighted by Gasteiger charge is -2.40. The molecule has 0 aliphatic carbocycles. The van der Waals surface area contributed by atoms with Gasteiger partial charge in [0.05, 0.1) is 5.92 Å². The molecule has 2 rings (SSSR count). The molecule has 3 heteroatoms. The molecule has 1 fully saturated rings. The third kappa shape index (κ3) is 2.50. The number of benzene rings is 1. The van der Waals surface area contributed by atoms with Crippen LogP contribution in [0.25, 0.3) is 0 Å². The van der Waals surface area contributed by atoms with E-state index in [0.717, 1.165) is 25.1 Å². The Morgan fingerprint density at radius 2 is 2.06 bits per heavy atom. The van der Waals surface area contributed by atoms with Gasteiger partial charge < -0.3 is 10.6 Å². The molecule has 1 saturated heterocycles. The summed E-state index contributed by atoms with van der Waals surface area (Å²) in [6.07, 6.45) is 0.854. The molecule has 3 nitrogen and oxygen atoms in total. The predicted octanol–water partition coefficient (Wildman–Crippen LogP) is 1.60. The first-order valence-corrected chi connectivity index (χ1v) is 6.30. The second-order valence-corrected chi connectivity index (χ2v) is 4.72. The minimum atomic E-state index is 0.00919. The summed E-state index contributed by atoms with van der Waals surface area (Å²) in [7, 11) is 0. The highest BCUT2D eigenvalue weighted by molar-refractivity contribution is 5.84. The fourth-order valence-electron chi connectivity index (χ4n) is 2.36. The zero-order valence-electron chi connectivity index (χ0n) is 10.3. The number of nitrogens with two attached hydrogens (primary N) is 1. The molecule has 0 saturated carbocycles. The first-order chi connectivity index (χ1) is 8.26. The van der Waals surface area contributed by atoms with Crippen molar-refractivity contribution in [1.82, 2.24) is 4.90 Å². The summed E-state index contributed by atoms with van der Waals surface area (Å²) in [5.41, 5.74) is 6.70. The van der Waals surface area contributed by atoms with E-state index >= 15 is 0 Å². The van der Waals surface area contributed by atoms with Crippen molar-refractivity contribution in [2.45, 2.75) is 19.3 Å². The lowest BCUT2D eigenvalue weighted by atomic mass is 9.91. The van der Waals surface area contributed by atoms with Gasteiger partial charge in [-0.3, -0.25) is 4.79 Å². The molecule has 0 spiro atoms. The zero-order chi connectivity index (χ0) is 12.3. The van der Waals surface area contributed by atoms with Crippen LogP contribution >= 0.6 is 0 Å². The lowest BCUT2D eigenvalue weighted by molar-refractivity contribution is -0.139. The van der Waals surface area contributed by atoms with Crippen LogP contribution in [-0.4, -0.2) is 30.4 Å². The van der Waals surface area contributed by atoms with E-state index in [4.69, 9.17) is 5.73 Å². The van der Waals surface area contributed by atoms with Crippen LogP contribution in [0.5, 0.6) is 0 Å². The van der Waals surface area contributed by atoms with Crippen molar-refractivity contribution in [3.63, 3.8) is 0 Å². The number of carbonyl (C=O) groups is 1. The van der Waals surface area contributed by atoms with Crippen LogP contribution in [0.15, 0.2) is 30.3 Å². The Balaban J connectivity index is 2.02. The maximum absolute atomic E-state index is 12.3. The number of amides is 1. The van der Waals surface area contributed by atoms with Gasteiger partial charge in [0.25, 0.3) is 0 Å². The van der Waals surface area contributed by atoms with Gasteiger partial charge in [0, 0.05) is 19.0 Å². The normalized spacial score (nSPS) is 17.6. The lowest BCUT2D eigenvalue weighted by Crippen LogP contribution is -2.53. The van der Waals surface area contributed by atoms with Gasteiger partial charge in [-0.15, -0.1) is 0 Å². The molecule has 92 valence electrons. The van der Waals surface area contributed by atoms with E-state index in [1.54, 1.807) is 0 Å². The average molecular weight is 232 g/mol. The molecule has 2 N–H and O–H groups in total. The summed E-state index contributed by atoms with van der Waals surface area (Å²) in [4.78, 5) is 14.2. The summed E-state index contributed by atoms with van der Waals surface area (Å²) in [6, 6.07) is 10.0. The number of carbonyl (C=O) groups excluding carboxylic acids is 1. The second-order valence-electron chi connectivity index (χ2n) is 4.72.